The van der Waals surface area contributed by atoms with E-state index in [1.165, 1.54) is 55.7 Å². The lowest BCUT2D eigenvalue weighted by Gasteiger charge is -2.10. The zero-order chi connectivity index (χ0) is 21.8. The molecule has 0 bridgehead atoms. The largest absolute Gasteiger partial charge is 0.462 e. The molecule has 2 rings (SSSR count). The first-order valence-electron chi connectivity index (χ1n) is 10.2. The molecule has 0 unspecified atom stereocenters. The Morgan fingerprint density at radius 2 is 1.40 bits per heavy atom. The molecule has 0 fully saturated rings. The third-order valence-corrected chi connectivity index (χ3v) is 4.62. The Balaban J connectivity index is 1.87. The van der Waals surface area contributed by atoms with Crippen LogP contribution in [0.25, 0.3) is 0 Å². The molecule has 30 heavy (non-hydrogen) atoms. The van der Waals surface area contributed by atoms with Crippen LogP contribution in [0.1, 0.15) is 71.7 Å². The standard InChI is InChI=1S/C23H27NO6/c1-2-3-4-5-6-9-16-29-22(25)20-10-7-8-11-21(20)23(26)30-17-18-12-14-19(15-13-18)24(27)28/h7-8,10-15H,2-6,9,16-17H2,1H3. The minimum Gasteiger partial charge on any atom is -0.462 e. The number of unbranched alkanes of at least 4 members (excludes halogenated alkanes) is 5. The van der Waals surface area contributed by atoms with Gasteiger partial charge >= 0.3 is 11.9 Å². The van der Waals surface area contributed by atoms with Crippen molar-refractivity contribution < 1.29 is 24.0 Å². The zero-order valence-electron chi connectivity index (χ0n) is 17.2. The fraction of sp³-hybridized carbons (Fsp3) is 0.391. The Hall–Kier alpha value is -3.22. The molecule has 0 aromatic heterocycles. The summed E-state index contributed by atoms with van der Waals surface area (Å²) in [5.41, 5.74) is 0.866. The number of nitro benzene ring substituents is 1. The van der Waals surface area contributed by atoms with E-state index in [4.69, 9.17) is 9.47 Å². The van der Waals surface area contributed by atoms with Gasteiger partial charge in [0.15, 0.2) is 0 Å². The number of benzene rings is 2. The second-order valence-electron chi connectivity index (χ2n) is 6.95. The predicted molar refractivity (Wildman–Crippen MR) is 112 cm³/mol. The second-order valence-corrected chi connectivity index (χ2v) is 6.95. The SMILES string of the molecule is CCCCCCCCOC(=O)c1ccccc1C(=O)OCc1ccc([N+](=O)[O-])cc1. The van der Waals surface area contributed by atoms with Crippen LogP contribution in [0.5, 0.6) is 0 Å². The number of ether oxygens (including phenoxy) is 2. The summed E-state index contributed by atoms with van der Waals surface area (Å²) >= 11 is 0. The summed E-state index contributed by atoms with van der Waals surface area (Å²) in [5, 5.41) is 10.7. The summed E-state index contributed by atoms with van der Waals surface area (Å²) in [6, 6.07) is 12.1. The number of hydrogen-bond acceptors (Lipinski definition) is 6. The van der Waals surface area contributed by atoms with E-state index in [-0.39, 0.29) is 23.4 Å². The number of esters is 2. The topological polar surface area (TPSA) is 95.7 Å². The van der Waals surface area contributed by atoms with Crippen molar-refractivity contribution in [3.05, 3.63) is 75.3 Å². The smallest absolute Gasteiger partial charge is 0.339 e. The molecule has 0 N–H and O–H groups in total. The summed E-state index contributed by atoms with van der Waals surface area (Å²) in [4.78, 5) is 35.0. The van der Waals surface area contributed by atoms with Gasteiger partial charge < -0.3 is 9.47 Å². The van der Waals surface area contributed by atoms with Crippen LogP contribution in [0.4, 0.5) is 5.69 Å². The van der Waals surface area contributed by atoms with Gasteiger partial charge in [0.2, 0.25) is 0 Å². The summed E-state index contributed by atoms with van der Waals surface area (Å²) in [7, 11) is 0. The van der Waals surface area contributed by atoms with Gasteiger partial charge in [0.1, 0.15) is 6.61 Å². The van der Waals surface area contributed by atoms with E-state index in [0.717, 1.165) is 19.3 Å². The van der Waals surface area contributed by atoms with Gasteiger partial charge in [-0.2, -0.15) is 0 Å². The first-order chi connectivity index (χ1) is 14.5. The molecule has 0 spiro atoms. The molecule has 2 aromatic carbocycles. The number of nitrogens with zero attached hydrogens (tertiary/aromatic N) is 1. The van der Waals surface area contributed by atoms with E-state index in [1.54, 1.807) is 12.1 Å². The van der Waals surface area contributed by atoms with Crippen LogP contribution in [0.15, 0.2) is 48.5 Å². The van der Waals surface area contributed by atoms with E-state index >= 15 is 0 Å². The molecule has 0 heterocycles. The fourth-order valence-corrected chi connectivity index (χ4v) is 2.90. The van der Waals surface area contributed by atoms with Crippen LogP contribution in [-0.2, 0) is 16.1 Å². The van der Waals surface area contributed by atoms with Crippen molar-refractivity contribution >= 4 is 17.6 Å². The normalized spacial score (nSPS) is 10.4. The molecule has 7 heteroatoms. The van der Waals surface area contributed by atoms with Gasteiger partial charge in [0, 0.05) is 12.1 Å². The molecule has 0 aliphatic heterocycles. The number of nitro groups is 1. The molecule has 0 saturated carbocycles. The van der Waals surface area contributed by atoms with Crippen LogP contribution in [-0.4, -0.2) is 23.5 Å². The average molecular weight is 413 g/mol. The summed E-state index contributed by atoms with van der Waals surface area (Å²) < 4.78 is 10.6. The summed E-state index contributed by atoms with van der Waals surface area (Å²) in [6.45, 7) is 2.42. The second kappa shape index (κ2) is 12.4. The molecule has 0 atom stereocenters. The van der Waals surface area contributed by atoms with Crippen LogP contribution >= 0.6 is 0 Å². The van der Waals surface area contributed by atoms with Gasteiger partial charge in [0.05, 0.1) is 22.7 Å². The monoisotopic (exact) mass is 413 g/mol. The van der Waals surface area contributed by atoms with Gasteiger partial charge in [-0.05, 0) is 36.2 Å². The quantitative estimate of drug-likeness (QED) is 0.198. The van der Waals surface area contributed by atoms with Crippen LogP contribution in [0, 0.1) is 10.1 Å². The van der Waals surface area contributed by atoms with Crippen LogP contribution < -0.4 is 0 Å². The Bertz CT molecular complexity index is 847. The number of non-ortho nitro benzene ring substituents is 1. The van der Waals surface area contributed by atoms with Crippen molar-refractivity contribution in [1.29, 1.82) is 0 Å². The van der Waals surface area contributed by atoms with Gasteiger partial charge in [-0.25, -0.2) is 9.59 Å². The molecule has 0 aliphatic rings. The first kappa shape index (κ1) is 23.1. The highest BCUT2D eigenvalue weighted by Gasteiger charge is 2.19. The highest BCUT2D eigenvalue weighted by atomic mass is 16.6. The van der Waals surface area contributed by atoms with Crippen LogP contribution in [0.2, 0.25) is 0 Å². The average Bonchev–Trinajstić information content (AvgIpc) is 2.77. The van der Waals surface area contributed by atoms with E-state index in [0.29, 0.717) is 12.2 Å². The van der Waals surface area contributed by atoms with E-state index in [1.807, 2.05) is 0 Å². The maximum absolute atomic E-state index is 12.5. The molecular weight excluding hydrogens is 386 g/mol. The maximum Gasteiger partial charge on any atom is 0.339 e. The Labute approximate surface area is 176 Å². The summed E-state index contributed by atoms with van der Waals surface area (Å²) in [5.74, 6) is -1.20. The third kappa shape index (κ3) is 7.31. The van der Waals surface area contributed by atoms with Crippen molar-refractivity contribution in [2.75, 3.05) is 6.61 Å². The van der Waals surface area contributed by atoms with Gasteiger partial charge in [-0.3, -0.25) is 10.1 Å². The van der Waals surface area contributed by atoms with Crippen molar-refractivity contribution in [2.24, 2.45) is 0 Å². The van der Waals surface area contributed by atoms with E-state index < -0.39 is 16.9 Å². The molecule has 2 aromatic rings. The maximum atomic E-state index is 12.5. The van der Waals surface area contributed by atoms with Crippen LogP contribution in [0.3, 0.4) is 0 Å². The predicted octanol–water partition coefficient (Wildman–Crippen LogP) is 5.47. The fourth-order valence-electron chi connectivity index (χ4n) is 2.90. The minimum atomic E-state index is -0.652. The molecule has 0 saturated heterocycles. The molecule has 0 aliphatic carbocycles. The number of hydrogen-bond donors (Lipinski definition) is 0. The zero-order valence-corrected chi connectivity index (χ0v) is 17.2. The molecule has 7 nitrogen and oxygen atoms in total. The molecular formula is C23H27NO6. The Morgan fingerprint density at radius 3 is 2.00 bits per heavy atom. The number of carbonyl (C=O) groups excluding carboxylic acids is 2. The first-order valence-corrected chi connectivity index (χ1v) is 10.2. The Morgan fingerprint density at radius 1 is 0.833 bits per heavy atom. The highest BCUT2D eigenvalue weighted by molar-refractivity contribution is 6.03. The van der Waals surface area contributed by atoms with Crippen molar-refractivity contribution in [1.82, 2.24) is 0 Å². The van der Waals surface area contributed by atoms with Crippen molar-refractivity contribution in [2.45, 2.75) is 52.1 Å². The minimum absolute atomic E-state index is 0.0384. The molecule has 0 radical (unpaired) electrons. The van der Waals surface area contributed by atoms with E-state index in [2.05, 4.69) is 6.92 Å². The lowest BCUT2D eigenvalue weighted by molar-refractivity contribution is -0.384. The lowest BCUT2D eigenvalue weighted by atomic mass is 10.1. The number of rotatable bonds is 12. The molecule has 0 amide bonds. The highest BCUT2D eigenvalue weighted by Crippen LogP contribution is 2.16. The lowest BCUT2D eigenvalue weighted by Crippen LogP contribution is -2.14. The summed E-state index contributed by atoms with van der Waals surface area (Å²) in [6.07, 6.45) is 6.51. The van der Waals surface area contributed by atoms with Gasteiger partial charge in [-0.1, -0.05) is 51.2 Å². The van der Waals surface area contributed by atoms with E-state index in [9.17, 15) is 19.7 Å². The van der Waals surface area contributed by atoms with Gasteiger partial charge in [0.25, 0.3) is 5.69 Å². The number of carbonyl (C=O) groups is 2. The van der Waals surface area contributed by atoms with Gasteiger partial charge in [-0.15, -0.1) is 0 Å². The third-order valence-electron chi connectivity index (χ3n) is 4.62. The Kier molecular flexibility index (Phi) is 9.51. The molecule has 160 valence electrons. The van der Waals surface area contributed by atoms with Crippen molar-refractivity contribution in [3.63, 3.8) is 0 Å². The van der Waals surface area contributed by atoms with Crippen molar-refractivity contribution in [3.8, 4) is 0 Å².